The Balaban J connectivity index is 4.57. The number of ether oxygens (including phenoxy) is 2. The summed E-state index contributed by atoms with van der Waals surface area (Å²) in [6.45, 7) is 16.4. The van der Waals surface area contributed by atoms with E-state index < -0.39 is 0 Å². The van der Waals surface area contributed by atoms with Crippen LogP contribution in [0.1, 0.15) is 260 Å². The molecular formula is C50H98ClNO4. The zero-order valence-electron chi connectivity index (χ0n) is 38.6. The summed E-state index contributed by atoms with van der Waals surface area (Å²) in [5.41, 5.74) is 0. The van der Waals surface area contributed by atoms with Gasteiger partial charge < -0.3 is 14.4 Å². The van der Waals surface area contributed by atoms with Gasteiger partial charge in [0.25, 0.3) is 0 Å². The van der Waals surface area contributed by atoms with Gasteiger partial charge in [0.15, 0.2) is 0 Å². The van der Waals surface area contributed by atoms with E-state index in [-0.39, 0.29) is 24.1 Å². The van der Waals surface area contributed by atoms with Crippen LogP contribution in [0.15, 0.2) is 0 Å². The lowest BCUT2D eigenvalue weighted by Crippen LogP contribution is -2.28. The molecule has 6 heteroatoms. The molecule has 0 N–H and O–H groups in total. The van der Waals surface area contributed by atoms with Crippen molar-refractivity contribution in [3.05, 3.63) is 0 Å². The molecule has 0 aliphatic rings. The lowest BCUT2D eigenvalue weighted by molar-refractivity contribution is -0.153. The minimum Gasteiger partial charge on any atom is -0.462 e. The van der Waals surface area contributed by atoms with Crippen molar-refractivity contribution in [1.82, 2.24) is 4.90 Å². The molecule has 0 rings (SSSR count). The quantitative estimate of drug-likeness (QED) is 0.0348. The molecule has 0 radical (unpaired) electrons. The molecule has 56 heavy (non-hydrogen) atoms. The summed E-state index contributed by atoms with van der Waals surface area (Å²) in [7, 11) is 0. The summed E-state index contributed by atoms with van der Waals surface area (Å²) in [5.74, 6) is 1.64. The number of halogens is 1. The number of carbonyl (C=O) groups excluding carboxylic acids is 2. The van der Waals surface area contributed by atoms with Crippen LogP contribution < -0.4 is 0 Å². The molecule has 0 spiro atoms. The van der Waals surface area contributed by atoms with E-state index in [0.29, 0.717) is 30.6 Å². The third-order valence-electron chi connectivity index (χ3n) is 12.2. The van der Waals surface area contributed by atoms with Gasteiger partial charge in [-0.25, -0.2) is 0 Å². The molecule has 0 aromatic heterocycles. The van der Waals surface area contributed by atoms with Crippen molar-refractivity contribution in [2.24, 2.45) is 11.8 Å². The molecule has 0 aromatic carbocycles. The number of alkyl halides is 1. The van der Waals surface area contributed by atoms with Crippen LogP contribution in [0.2, 0.25) is 0 Å². The Kier molecular flexibility index (Phi) is 41.7. The Labute approximate surface area is 355 Å². The molecule has 0 saturated heterocycles. The summed E-state index contributed by atoms with van der Waals surface area (Å²) in [6.07, 6.45) is 39.8. The Hall–Kier alpha value is -0.810. The fraction of sp³-hybridized carbons (Fsp3) is 0.960. The van der Waals surface area contributed by atoms with E-state index >= 15 is 0 Å². The number of hydrogen-bond acceptors (Lipinski definition) is 5. The van der Waals surface area contributed by atoms with Crippen LogP contribution in [0.4, 0.5) is 0 Å². The van der Waals surface area contributed by atoms with Crippen molar-refractivity contribution in [1.29, 1.82) is 0 Å². The molecule has 0 heterocycles. The highest BCUT2D eigenvalue weighted by Crippen LogP contribution is 2.28. The highest BCUT2D eigenvalue weighted by molar-refractivity contribution is 6.18. The molecule has 0 aliphatic heterocycles. The number of esters is 2. The number of unbranched alkanes of at least 4 members (excludes halogenated alkanes) is 20. The van der Waals surface area contributed by atoms with E-state index in [2.05, 4.69) is 46.4 Å². The molecule has 0 fully saturated rings. The van der Waals surface area contributed by atoms with Crippen LogP contribution >= 0.6 is 11.6 Å². The molecule has 0 aromatic rings. The van der Waals surface area contributed by atoms with Crippen LogP contribution in [0.5, 0.6) is 0 Å². The Bertz CT molecular complexity index is 776. The minimum atomic E-state index is 0.0000479. The average Bonchev–Trinajstić information content (AvgIpc) is 3.20. The Morgan fingerprint density at radius 2 is 0.714 bits per heavy atom. The molecule has 0 amide bonds. The van der Waals surface area contributed by atoms with Gasteiger partial charge in [0.2, 0.25) is 0 Å². The monoisotopic (exact) mass is 812 g/mol. The summed E-state index contributed by atoms with van der Waals surface area (Å²) in [5, 5.41) is 0. The molecule has 0 saturated carbocycles. The standard InChI is InChI=1S/C50H98ClNO4/c1-7-13-17-21-23-29-37-45(35-27-19-15-9-3)47(11-5)55-49(53)39-31-25-33-42-52(44-41-51)43-34-26-32-40-50(54)56-48(12-6)46(36-28-20-16-10-4)38-30-24-22-18-14-8-2/h45-48H,7-44H2,1-6H3. The van der Waals surface area contributed by atoms with Gasteiger partial charge in [-0.3, -0.25) is 9.59 Å². The van der Waals surface area contributed by atoms with Gasteiger partial charge in [-0.1, -0.05) is 183 Å². The third-order valence-corrected chi connectivity index (χ3v) is 12.4. The molecule has 334 valence electrons. The fourth-order valence-electron chi connectivity index (χ4n) is 8.57. The summed E-state index contributed by atoms with van der Waals surface area (Å²) in [6, 6.07) is 0. The highest BCUT2D eigenvalue weighted by Gasteiger charge is 2.24. The number of rotatable bonds is 44. The van der Waals surface area contributed by atoms with Crippen LogP contribution in [0, 0.1) is 11.8 Å². The maximum atomic E-state index is 13.0. The summed E-state index contributed by atoms with van der Waals surface area (Å²) >= 11 is 6.19. The first kappa shape index (κ1) is 55.2. The van der Waals surface area contributed by atoms with Crippen LogP contribution in [-0.4, -0.2) is 54.6 Å². The topological polar surface area (TPSA) is 55.8 Å². The number of nitrogens with zero attached hydrogens (tertiary/aromatic N) is 1. The smallest absolute Gasteiger partial charge is 0.306 e. The van der Waals surface area contributed by atoms with Gasteiger partial charge >= 0.3 is 11.9 Å². The molecular weight excluding hydrogens is 714 g/mol. The van der Waals surface area contributed by atoms with Crippen molar-refractivity contribution in [3.8, 4) is 0 Å². The molecule has 5 nitrogen and oxygen atoms in total. The first-order valence-electron chi connectivity index (χ1n) is 25.1. The normalized spacial score (nSPS) is 13.9. The van der Waals surface area contributed by atoms with Crippen molar-refractivity contribution in [2.45, 2.75) is 272 Å². The van der Waals surface area contributed by atoms with Crippen molar-refractivity contribution in [3.63, 3.8) is 0 Å². The van der Waals surface area contributed by atoms with Gasteiger partial charge in [-0.15, -0.1) is 11.6 Å². The van der Waals surface area contributed by atoms with E-state index in [1.807, 2.05) is 0 Å². The largest absolute Gasteiger partial charge is 0.462 e. The molecule has 0 bridgehead atoms. The second-order valence-electron chi connectivity index (χ2n) is 17.4. The first-order valence-corrected chi connectivity index (χ1v) is 25.6. The number of carbonyl (C=O) groups is 2. The summed E-state index contributed by atoms with van der Waals surface area (Å²) < 4.78 is 12.3. The predicted octanol–water partition coefficient (Wildman–Crippen LogP) is 16.0. The van der Waals surface area contributed by atoms with E-state index in [0.717, 1.165) is 71.0 Å². The van der Waals surface area contributed by atoms with Gasteiger partial charge in [-0.05, 0) is 89.1 Å². The lowest BCUT2D eigenvalue weighted by Gasteiger charge is -2.27. The van der Waals surface area contributed by atoms with Gasteiger partial charge in [-0.2, -0.15) is 0 Å². The zero-order valence-corrected chi connectivity index (χ0v) is 39.4. The van der Waals surface area contributed by atoms with E-state index in [9.17, 15) is 9.59 Å². The second kappa shape index (κ2) is 42.3. The number of hydrogen-bond donors (Lipinski definition) is 0. The highest BCUT2D eigenvalue weighted by atomic mass is 35.5. The predicted molar refractivity (Wildman–Crippen MR) is 245 cm³/mol. The van der Waals surface area contributed by atoms with E-state index in [1.165, 1.54) is 154 Å². The summed E-state index contributed by atoms with van der Waals surface area (Å²) in [4.78, 5) is 28.4. The van der Waals surface area contributed by atoms with Crippen molar-refractivity contribution in [2.75, 3.05) is 25.5 Å². The fourth-order valence-corrected chi connectivity index (χ4v) is 8.81. The Morgan fingerprint density at radius 3 is 1.04 bits per heavy atom. The van der Waals surface area contributed by atoms with E-state index in [4.69, 9.17) is 21.1 Å². The van der Waals surface area contributed by atoms with Gasteiger partial charge in [0, 0.05) is 25.3 Å². The molecule has 4 unspecified atom stereocenters. The van der Waals surface area contributed by atoms with Crippen LogP contribution in [0.25, 0.3) is 0 Å². The first-order chi connectivity index (χ1) is 27.4. The third kappa shape index (κ3) is 33.1. The van der Waals surface area contributed by atoms with Crippen molar-refractivity contribution < 1.29 is 19.1 Å². The average molecular weight is 813 g/mol. The van der Waals surface area contributed by atoms with Crippen molar-refractivity contribution >= 4 is 23.5 Å². The van der Waals surface area contributed by atoms with Gasteiger partial charge in [0.1, 0.15) is 12.2 Å². The SMILES string of the molecule is CCCCCCCCC(CCCCCC)C(CC)OC(=O)CCCCCN(CCCl)CCCCCC(=O)OC(CC)C(CCCCCC)CCCCCCCC. The Morgan fingerprint density at radius 1 is 0.411 bits per heavy atom. The zero-order chi connectivity index (χ0) is 41.3. The van der Waals surface area contributed by atoms with E-state index in [1.54, 1.807) is 0 Å². The van der Waals surface area contributed by atoms with Crippen LogP contribution in [0.3, 0.4) is 0 Å². The molecule has 4 atom stereocenters. The molecule has 0 aliphatic carbocycles. The van der Waals surface area contributed by atoms with Crippen LogP contribution in [-0.2, 0) is 19.1 Å². The second-order valence-corrected chi connectivity index (χ2v) is 17.7. The maximum absolute atomic E-state index is 13.0. The minimum absolute atomic E-state index is 0.0000479. The van der Waals surface area contributed by atoms with Gasteiger partial charge in [0.05, 0.1) is 0 Å². The maximum Gasteiger partial charge on any atom is 0.306 e. The lowest BCUT2D eigenvalue weighted by atomic mass is 9.88.